The van der Waals surface area contributed by atoms with Crippen LogP contribution in [0.25, 0.3) is 0 Å². The summed E-state index contributed by atoms with van der Waals surface area (Å²) in [7, 11) is 0. The molecule has 1 aliphatic heterocycles. The van der Waals surface area contributed by atoms with E-state index in [1.165, 1.54) is 0 Å². The molecule has 1 aliphatic rings. The van der Waals surface area contributed by atoms with Crippen molar-refractivity contribution in [3.8, 4) is 5.88 Å². The first-order valence-corrected chi connectivity index (χ1v) is 8.54. The van der Waals surface area contributed by atoms with Gasteiger partial charge >= 0.3 is 0 Å². The fraction of sp³-hybridized carbons (Fsp3) is 0.333. The molecule has 22 heavy (non-hydrogen) atoms. The molecule has 116 valence electrons. The first-order chi connectivity index (χ1) is 10.6. The molecule has 1 amide bonds. The average Bonchev–Trinajstić information content (AvgIpc) is 2.96. The van der Waals surface area contributed by atoms with Crippen LogP contribution in [0.15, 0.2) is 44.0 Å². The average molecular weight is 430 g/mol. The zero-order valence-electron chi connectivity index (χ0n) is 11.7. The number of nitrogens with zero attached hydrogens (tertiary/aromatic N) is 2. The van der Waals surface area contributed by atoms with Crippen molar-refractivity contribution >= 4 is 37.8 Å². The van der Waals surface area contributed by atoms with Crippen LogP contribution in [0.3, 0.4) is 0 Å². The number of pyridine rings is 1. The topological polar surface area (TPSA) is 55.6 Å². The van der Waals surface area contributed by atoms with Crippen LogP contribution in [0, 0.1) is 0 Å². The van der Waals surface area contributed by atoms with E-state index in [4.69, 9.17) is 9.15 Å². The maximum atomic E-state index is 12.3. The molecule has 2 aromatic rings. The Kier molecular flexibility index (Phi) is 4.83. The number of halogens is 2. The molecule has 0 aromatic carbocycles. The molecule has 1 saturated heterocycles. The van der Waals surface area contributed by atoms with Gasteiger partial charge in [0.1, 0.15) is 6.10 Å². The fourth-order valence-corrected chi connectivity index (χ4v) is 3.03. The van der Waals surface area contributed by atoms with E-state index in [0.717, 1.165) is 17.3 Å². The maximum Gasteiger partial charge on any atom is 0.289 e. The summed E-state index contributed by atoms with van der Waals surface area (Å²) in [5.74, 6) is 0.879. The summed E-state index contributed by atoms with van der Waals surface area (Å²) in [6.07, 6.45) is 3.32. The summed E-state index contributed by atoms with van der Waals surface area (Å²) >= 11 is 6.63. The Morgan fingerprint density at radius 2 is 2.05 bits per heavy atom. The van der Waals surface area contributed by atoms with E-state index < -0.39 is 0 Å². The quantitative estimate of drug-likeness (QED) is 0.742. The number of likely N-dealkylation sites (tertiary alicyclic amines) is 1. The summed E-state index contributed by atoms with van der Waals surface area (Å²) in [5.41, 5.74) is 0. The summed E-state index contributed by atoms with van der Waals surface area (Å²) in [6.45, 7) is 1.29. The van der Waals surface area contributed by atoms with Gasteiger partial charge in [0.2, 0.25) is 5.88 Å². The van der Waals surface area contributed by atoms with Crippen LogP contribution in [-0.2, 0) is 0 Å². The second-order valence-electron chi connectivity index (χ2n) is 5.00. The van der Waals surface area contributed by atoms with Gasteiger partial charge in [-0.1, -0.05) is 0 Å². The van der Waals surface area contributed by atoms with Gasteiger partial charge < -0.3 is 14.1 Å². The molecule has 0 radical (unpaired) electrons. The first kappa shape index (κ1) is 15.6. The summed E-state index contributed by atoms with van der Waals surface area (Å²) in [5, 5.41) is 0. The maximum absolute atomic E-state index is 12.3. The predicted octanol–water partition coefficient (Wildman–Crippen LogP) is 3.88. The predicted molar refractivity (Wildman–Crippen MR) is 87.9 cm³/mol. The molecule has 0 bridgehead atoms. The molecule has 0 atom stereocenters. The molecule has 0 unspecified atom stereocenters. The normalized spacial score (nSPS) is 15.8. The number of piperidine rings is 1. The molecule has 0 N–H and O–H groups in total. The largest absolute Gasteiger partial charge is 0.473 e. The minimum Gasteiger partial charge on any atom is -0.473 e. The molecule has 0 spiro atoms. The van der Waals surface area contributed by atoms with Crippen LogP contribution in [-0.4, -0.2) is 35.0 Å². The van der Waals surface area contributed by atoms with E-state index in [9.17, 15) is 4.79 Å². The summed E-state index contributed by atoms with van der Waals surface area (Å²) in [6, 6.07) is 7.15. The van der Waals surface area contributed by atoms with E-state index in [1.807, 2.05) is 12.1 Å². The number of hydrogen-bond donors (Lipinski definition) is 0. The number of carbonyl (C=O) groups is 1. The lowest BCUT2D eigenvalue weighted by Crippen LogP contribution is -2.41. The van der Waals surface area contributed by atoms with E-state index in [2.05, 4.69) is 36.8 Å². The Morgan fingerprint density at radius 1 is 1.27 bits per heavy atom. The van der Waals surface area contributed by atoms with Crippen molar-refractivity contribution in [2.75, 3.05) is 13.1 Å². The van der Waals surface area contributed by atoms with Crippen LogP contribution in [0.4, 0.5) is 0 Å². The SMILES string of the molecule is O=C(c1ccc(Br)o1)N1CCC(Oc2ncccc2Br)CC1. The number of rotatable bonds is 3. The highest BCUT2D eigenvalue weighted by molar-refractivity contribution is 9.10. The Morgan fingerprint density at radius 3 is 2.68 bits per heavy atom. The summed E-state index contributed by atoms with van der Waals surface area (Å²) in [4.78, 5) is 18.3. The van der Waals surface area contributed by atoms with Gasteiger partial charge in [-0.15, -0.1) is 0 Å². The fourth-order valence-electron chi connectivity index (χ4n) is 2.38. The molecule has 2 aromatic heterocycles. The van der Waals surface area contributed by atoms with Crippen molar-refractivity contribution in [3.63, 3.8) is 0 Å². The van der Waals surface area contributed by atoms with Gasteiger partial charge in [-0.2, -0.15) is 0 Å². The Balaban J connectivity index is 1.56. The van der Waals surface area contributed by atoms with Crippen molar-refractivity contribution in [1.82, 2.24) is 9.88 Å². The lowest BCUT2D eigenvalue weighted by Gasteiger charge is -2.31. The zero-order chi connectivity index (χ0) is 15.5. The standard InChI is InChI=1S/C15H14Br2N2O3/c16-11-2-1-7-18-14(11)21-10-5-8-19(9-6-10)15(20)12-3-4-13(17)22-12/h1-4,7,10H,5-6,8-9H2. The van der Waals surface area contributed by atoms with Crippen molar-refractivity contribution in [1.29, 1.82) is 0 Å². The highest BCUT2D eigenvalue weighted by Crippen LogP contribution is 2.25. The van der Waals surface area contributed by atoms with Crippen LogP contribution in [0.1, 0.15) is 23.4 Å². The molecule has 5 nitrogen and oxygen atoms in total. The third-order valence-electron chi connectivity index (χ3n) is 3.52. The lowest BCUT2D eigenvalue weighted by atomic mass is 10.1. The molecule has 1 fully saturated rings. The van der Waals surface area contributed by atoms with E-state index >= 15 is 0 Å². The minimum atomic E-state index is -0.0804. The van der Waals surface area contributed by atoms with Crippen LogP contribution in [0.2, 0.25) is 0 Å². The van der Waals surface area contributed by atoms with Gasteiger partial charge in [-0.25, -0.2) is 4.98 Å². The van der Waals surface area contributed by atoms with E-state index in [1.54, 1.807) is 23.2 Å². The third-order valence-corrected chi connectivity index (χ3v) is 4.55. The van der Waals surface area contributed by atoms with Crippen LogP contribution in [0.5, 0.6) is 5.88 Å². The zero-order valence-corrected chi connectivity index (χ0v) is 14.8. The molecule has 0 aliphatic carbocycles. The van der Waals surface area contributed by atoms with Crippen LogP contribution < -0.4 is 4.74 Å². The Hall–Kier alpha value is -1.34. The number of furan rings is 1. The van der Waals surface area contributed by atoms with Gasteiger partial charge in [0.25, 0.3) is 5.91 Å². The number of amides is 1. The number of aromatic nitrogens is 1. The third kappa shape index (κ3) is 3.52. The lowest BCUT2D eigenvalue weighted by molar-refractivity contribution is 0.0557. The minimum absolute atomic E-state index is 0.0681. The molecule has 7 heteroatoms. The smallest absolute Gasteiger partial charge is 0.289 e. The molecule has 0 saturated carbocycles. The van der Waals surface area contributed by atoms with Crippen molar-refractivity contribution < 1.29 is 13.9 Å². The highest BCUT2D eigenvalue weighted by Gasteiger charge is 2.26. The monoisotopic (exact) mass is 428 g/mol. The Labute approximate surface area is 144 Å². The van der Waals surface area contributed by atoms with Crippen molar-refractivity contribution in [2.45, 2.75) is 18.9 Å². The highest BCUT2D eigenvalue weighted by atomic mass is 79.9. The molecule has 3 rings (SSSR count). The molecule has 3 heterocycles. The van der Waals surface area contributed by atoms with Gasteiger partial charge in [-0.3, -0.25) is 4.79 Å². The van der Waals surface area contributed by atoms with E-state index in [0.29, 0.717) is 29.4 Å². The first-order valence-electron chi connectivity index (χ1n) is 6.95. The van der Waals surface area contributed by atoms with Gasteiger partial charge in [0.15, 0.2) is 10.4 Å². The molecular weight excluding hydrogens is 416 g/mol. The number of hydrogen-bond acceptors (Lipinski definition) is 4. The van der Waals surface area contributed by atoms with Gasteiger partial charge in [0.05, 0.1) is 4.47 Å². The second kappa shape index (κ2) is 6.83. The van der Waals surface area contributed by atoms with Crippen LogP contribution >= 0.6 is 31.9 Å². The number of carbonyl (C=O) groups excluding carboxylic acids is 1. The summed E-state index contributed by atoms with van der Waals surface area (Å²) < 4.78 is 12.6. The van der Waals surface area contributed by atoms with Gasteiger partial charge in [0, 0.05) is 32.1 Å². The van der Waals surface area contributed by atoms with E-state index in [-0.39, 0.29) is 12.0 Å². The van der Waals surface area contributed by atoms with Crippen molar-refractivity contribution in [2.24, 2.45) is 0 Å². The number of ether oxygens (including phenoxy) is 1. The molecular formula is C15H14Br2N2O3. The Bertz CT molecular complexity index is 666. The van der Waals surface area contributed by atoms with Crippen molar-refractivity contribution in [3.05, 3.63) is 45.4 Å². The van der Waals surface area contributed by atoms with Gasteiger partial charge in [-0.05, 0) is 56.1 Å². The second-order valence-corrected chi connectivity index (χ2v) is 6.64.